The minimum absolute atomic E-state index is 0.00850. The summed E-state index contributed by atoms with van der Waals surface area (Å²) in [6, 6.07) is 11.9. The van der Waals surface area contributed by atoms with Crippen LogP contribution in [0.25, 0.3) is 5.76 Å². The molecule has 2 fully saturated rings. The van der Waals surface area contributed by atoms with Gasteiger partial charge in [-0.3, -0.25) is 9.59 Å². The highest BCUT2D eigenvalue weighted by Gasteiger charge is 2.49. The maximum atomic E-state index is 13.2. The third kappa shape index (κ3) is 3.67. The van der Waals surface area contributed by atoms with Crippen molar-refractivity contribution in [1.82, 2.24) is 4.90 Å². The van der Waals surface area contributed by atoms with Crippen molar-refractivity contribution >= 4 is 17.4 Å². The molecule has 6 nitrogen and oxygen atoms in total. The Morgan fingerprint density at radius 1 is 0.968 bits per heavy atom. The zero-order valence-corrected chi connectivity index (χ0v) is 18.1. The molecule has 2 aromatic carbocycles. The van der Waals surface area contributed by atoms with Gasteiger partial charge in [-0.2, -0.15) is 0 Å². The smallest absolute Gasteiger partial charge is 0.295 e. The van der Waals surface area contributed by atoms with E-state index in [1.807, 2.05) is 31.2 Å². The maximum absolute atomic E-state index is 13.2. The van der Waals surface area contributed by atoms with Gasteiger partial charge < -0.3 is 19.5 Å². The van der Waals surface area contributed by atoms with Crippen LogP contribution in [0, 0.1) is 6.92 Å². The van der Waals surface area contributed by atoms with Gasteiger partial charge in [-0.25, -0.2) is 0 Å². The Bertz CT molecular complexity index is 1030. The third-order valence-electron chi connectivity index (χ3n) is 6.32. The van der Waals surface area contributed by atoms with Crippen LogP contribution in [0.15, 0.2) is 48.0 Å². The van der Waals surface area contributed by atoms with E-state index in [2.05, 4.69) is 0 Å². The molecule has 1 saturated carbocycles. The topological polar surface area (TPSA) is 76.1 Å². The summed E-state index contributed by atoms with van der Waals surface area (Å²) in [5, 5.41) is 11.3. The summed E-state index contributed by atoms with van der Waals surface area (Å²) in [6.45, 7) is 1.84. The van der Waals surface area contributed by atoms with Crippen LogP contribution >= 0.6 is 0 Å². The fourth-order valence-corrected chi connectivity index (χ4v) is 4.70. The average Bonchev–Trinajstić information content (AvgIpc) is 3.40. The second-order valence-corrected chi connectivity index (χ2v) is 8.10. The zero-order chi connectivity index (χ0) is 22.1. The quantitative estimate of drug-likeness (QED) is 0.441. The Balaban J connectivity index is 1.87. The van der Waals surface area contributed by atoms with E-state index in [1.54, 1.807) is 37.3 Å². The molecular formula is C25H27NO5. The zero-order valence-electron chi connectivity index (χ0n) is 18.1. The number of rotatable bonds is 5. The summed E-state index contributed by atoms with van der Waals surface area (Å²) >= 11 is 0. The van der Waals surface area contributed by atoms with Gasteiger partial charge in [-0.1, -0.05) is 25.0 Å². The van der Waals surface area contributed by atoms with Gasteiger partial charge in [0.15, 0.2) is 0 Å². The molecule has 1 unspecified atom stereocenters. The number of carbonyl (C=O) groups excluding carboxylic acids is 2. The number of amides is 1. The normalized spacial score (nSPS) is 21.0. The van der Waals surface area contributed by atoms with E-state index in [1.165, 1.54) is 0 Å². The highest BCUT2D eigenvalue weighted by molar-refractivity contribution is 6.46. The first-order valence-corrected chi connectivity index (χ1v) is 10.5. The Morgan fingerprint density at radius 3 is 2.16 bits per heavy atom. The first-order valence-electron chi connectivity index (χ1n) is 10.5. The van der Waals surface area contributed by atoms with Crippen molar-refractivity contribution in [2.45, 2.75) is 44.7 Å². The molecule has 1 N–H and O–H groups in total. The first kappa shape index (κ1) is 21.0. The summed E-state index contributed by atoms with van der Waals surface area (Å²) in [5.74, 6) is 0.0143. The number of hydrogen-bond acceptors (Lipinski definition) is 5. The number of ketones is 1. The lowest BCUT2D eigenvalue weighted by Crippen LogP contribution is -2.37. The number of Topliss-reactive ketones (excluding diaryl/α,β-unsaturated/α-hetero) is 1. The molecule has 6 heteroatoms. The summed E-state index contributed by atoms with van der Waals surface area (Å²) in [5.41, 5.74) is 2.19. The van der Waals surface area contributed by atoms with Crippen molar-refractivity contribution < 1.29 is 24.2 Å². The van der Waals surface area contributed by atoms with E-state index < -0.39 is 17.7 Å². The van der Waals surface area contributed by atoms with Gasteiger partial charge in [0.25, 0.3) is 11.7 Å². The van der Waals surface area contributed by atoms with Crippen LogP contribution in [0.5, 0.6) is 11.5 Å². The van der Waals surface area contributed by atoms with Gasteiger partial charge in [-0.15, -0.1) is 0 Å². The number of likely N-dealkylation sites (tertiary alicyclic amines) is 1. The number of hydrogen-bond donors (Lipinski definition) is 1. The molecule has 0 radical (unpaired) electrons. The van der Waals surface area contributed by atoms with Crippen LogP contribution in [0.1, 0.15) is 48.4 Å². The molecule has 1 heterocycles. The van der Waals surface area contributed by atoms with Crippen LogP contribution < -0.4 is 9.47 Å². The third-order valence-corrected chi connectivity index (χ3v) is 6.32. The molecule has 0 aromatic heterocycles. The number of ether oxygens (including phenoxy) is 2. The number of aliphatic hydroxyl groups is 1. The molecule has 0 bridgehead atoms. The fraction of sp³-hybridized carbons (Fsp3) is 0.360. The van der Waals surface area contributed by atoms with Crippen LogP contribution in [0.2, 0.25) is 0 Å². The Labute approximate surface area is 182 Å². The highest BCUT2D eigenvalue weighted by Crippen LogP contribution is 2.44. The van der Waals surface area contributed by atoms with E-state index in [-0.39, 0.29) is 17.4 Å². The number of aryl methyl sites for hydroxylation is 1. The number of methoxy groups -OCH3 is 2. The van der Waals surface area contributed by atoms with Gasteiger partial charge in [0.2, 0.25) is 0 Å². The molecule has 1 amide bonds. The summed E-state index contributed by atoms with van der Waals surface area (Å²) in [6.07, 6.45) is 3.78. The van der Waals surface area contributed by atoms with Crippen LogP contribution in [0.3, 0.4) is 0 Å². The molecule has 2 aliphatic rings. The predicted octanol–water partition coefficient (Wildman–Crippen LogP) is 4.38. The monoisotopic (exact) mass is 421 g/mol. The fourth-order valence-electron chi connectivity index (χ4n) is 4.70. The minimum atomic E-state index is -0.638. The molecule has 2 aromatic rings. The van der Waals surface area contributed by atoms with Crippen molar-refractivity contribution in [3.8, 4) is 11.5 Å². The molecular weight excluding hydrogens is 394 g/mol. The largest absolute Gasteiger partial charge is 0.507 e. The Hall–Kier alpha value is -3.28. The standard InChI is InChI=1S/C25H27NO5/c1-15-14-19(31-3)12-13-20(15)23(27)21-22(16-8-10-18(30-2)11-9-16)26(25(29)24(21)28)17-6-4-5-7-17/h8-14,17,22,27H,4-7H2,1-3H3/b23-21-. The van der Waals surface area contributed by atoms with Crippen LogP contribution in [-0.2, 0) is 9.59 Å². The SMILES string of the molecule is COc1ccc(C2/C(=C(/O)c3ccc(OC)cc3C)C(=O)C(=O)N2C2CCCC2)cc1. The molecule has 31 heavy (non-hydrogen) atoms. The Morgan fingerprint density at radius 2 is 1.58 bits per heavy atom. The van der Waals surface area contributed by atoms with Gasteiger partial charge in [0.05, 0.1) is 25.8 Å². The lowest BCUT2D eigenvalue weighted by atomic mass is 9.93. The molecule has 1 saturated heterocycles. The van der Waals surface area contributed by atoms with Gasteiger partial charge in [-0.05, 0) is 61.2 Å². The number of nitrogens with zero attached hydrogens (tertiary/aromatic N) is 1. The summed E-state index contributed by atoms with van der Waals surface area (Å²) < 4.78 is 10.5. The molecule has 162 valence electrons. The number of aliphatic hydroxyl groups excluding tert-OH is 1. The van der Waals surface area contributed by atoms with E-state index in [9.17, 15) is 14.7 Å². The van der Waals surface area contributed by atoms with Gasteiger partial charge >= 0.3 is 0 Å². The van der Waals surface area contributed by atoms with E-state index in [4.69, 9.17) is 9.47 Å². The molecule has 1 atom stereocenters. The summed E-state index contributed by atoms with van der Waals surface area (Å²) in [4.78, 5) is 28.0. The van der Waals surface area contributed by atoms with Gasteiger partial charge in [0, 0.05) is 11.6 Å². The lowest BCUT2D eigenvalue weighted by Gasteiger charge is -2.31. The van der Waals surface area contributed by atoms with Crippen molar-refractivity contribution in [2.75, 3.05) is 14.2 Å². The molecule has 0 spiro atoms. The number of benzene rings is 2. The predicted molar refractivity (Wildman–Crippen MR) is 117 cm³/mol. The molecule has 1 aliphatic carbocycles. The minimum Gasteiger partial charge on any atom is -0.507 e. The average molecular weight is 421 g/mol. The van der Waals surface area contributed by atoms with E-state index >= 15 is 0 Å². The number of carbonyl (C=O) groups is 2. The maximum Gasteiger partial charge on any atom is 0.295 e. The second kappa shape index (κ2) is 8.46. The van der Waals surface area contributed by atoms with E-state index in [0.717, 1.165) is 36.8 Å². The first-order chi connectivity index (χ1) is 15.0. The van der Waals surface area contributed by atoms with Crippen LogP contribution in [0.4, 0.5) is 0 Å². The van der Waals surface area contributed by atoms with E-state index in [0.29, 0.717) is 17.1 Å². The van der Waals surface area contributed by atoms with Crippen molar-refractivity contribution in [2.24, 2.45) is 0 Å². The van der Waals surface area contributed by atoms with Crippen molar-refractivity contribution in [1.29, 1.82) is 0 Å². The van der Waals surface area contributed by atoms with Crippen molar-refractivity contribution in [3.63, 3.8) is 0 Å². The highest BCUT2D eigenvalue weighted by atomic mass is 16.5. The second-order valence-electron chi connectivity index (χ2n) is 8.10. The Kier molecular flexibility index (Phi) is 5.72. The molecule has 1 aliphatic heterocycles. The van der Waals surface area contributed by atoms with Crippen molar-refractivity contribution in [3.05, 3.63) is 64.7 Å². The lowest BCUT2D eigenvalue weighted by molar-refractivity contribution is -0.141. The van der Waals surface area contributed by atoms with Crippen LogP contribution in [-0.4, -0.2) is 42.0 Å². The summed E-state index contributed by atoms with van der Waals surface area (Å²) in [7, 11) is 3.16. The molecule has 4 rings (SSSR count). The van der Waals surface area contributed by atoms with Gasteiger partial charge in [0.1, 0.15) is 17.3 Å².